The number of likely N-dealkylation sites (tertiary alicyclic amines) is 1. The van der Waals surface area contributed by atoms with Gasteiger partial charge in [0.15, 0.2) is 0 Å². The minimum absolute atomic E-state index is 0.0215. The maximum absolute atomic E-state index is 11.4. The highest BCUT2D eigenvalue weighted by atomic mass is 35.5. The van der Waals surface area contributed by atoms with E-state index >= 15 is 0 Å². The van der Waals surface area contributed by atoms with Crippen LogP contribution in [-0.2, 0) is 11.3 Å². The molecule has 0 saturated carbocycles. The molecular formula is C14H17ClN2O4. The summed E-state index contributed by atoms with van der Waals surface area (Å²) in [5.74, 6) is -0.804. The highest BCUT2D eigenvalue weighted by Crippen LogP contribution is 2.36. The Labute approximate surface area is 127 Å². The number of hydrogen-bond acceptors (Lipinski definition) is 4. The molecule has 0 bridgehead atoms. The predicted octanol–water partition coefficient (Wildman–Crippen LogP) is 2.93. The number of nitro groups is 1. The quantitative estimate of drug-likeness (QED) is 0.667. The Balaban J connectivity index is 2.21. The lowest BCUT2D eigenvalue weighted by atomic mass is 9.84. The number of halogens is 1. The fourth-order valence-corrected chi connectivity index (χ4v) is 3.04. The van der Waals surface area contributed by atoms with Crippen LogP contribution in [0, 0.1) is 15.5 Å². The Morgan fingerprint density at radius 1 is 1.57 bits per heavy atom. The van der Waals surface area contributed by atoms with E-state index in [9.17, 15) is 20.0 Å². The van der Waals surface area contributed by atoms with E-state index in [2.05, 4.69) is 0 Å². The highest BCUT2D eigenvalue weighted by molar-refractivity contribution is 6.31. The van der Waals surface area contributed by atoms with Crippen molar-refractivity contribution in [3.63, 3.8) is 0 Å². The summed E-state index contributed by atoms with van der Waals surface area (Å²) in [6.45, 7) is 3.14. The van der Waals surface area contributed by atoms with Crippen LogP contribution >= 0.6 is 11.6 Å². The molecule has 1 N–H and O–H groups in total. The largest absolute Gasteiger partial charge is 0.481 e. The molecule has 1 aromatic rings. The maximum Gasteiger partial charge on any atom is 0.310 e. The number of carboxylic acids is 1. The van der Waals surface area contributed by atoms with E-state index in [0.717, 1.165) is 0 Å². The van der Waals surface area contributed by atoms with E-state index < -0.39 is 16.3 Å². The summed E-state index contributed by atoms with van der Waals surface area (Å²) in [4.78, 5) is 24.0. The zero-order chi connectivity index (χ0) is 15.6. The van der Waals surface area contributed by atoms with Crippen LogP contribution in [0.5, 0.6) is 0 Å². The second-order valence-corrected chi connectivity index (χ2v) is 5.80. The number of hydrogen-bond donors (Lipinski definition) is 1. The van der Waals surface area contributed by atoms with Crippen molar-refractivity contribution in [3.05, 3.63) is 38.9 Å². The van der Waals surface area contributed by atoms with Crippen LogP contribution in [0.4, 0.5) is 5.69 Å². The van der Waals surface area contributed by atoms with E-state index in [4.69, 9.17) is 11.6 Å². The van der Waals surface area contributed by atoms with Crippen molar-refractivity contribution in [3.8, 4) is 0 Å². The summed E-state index contributed by atoms with van der Waals surface area (Å²) in [5, 5.41) is 20.8. The lowest BCUT2D eigenvalue weighted by Gasteiger charge is -2.23. The molecule has 0 amide bonds. The molecule has 1 aliphatic rings. The van der Waals surface area contributed by atoms with Crippen LogP contribution in [-0.4, -0.2) is 34.0 Å². The molecule has 0 spiro atoms. The summed E-state index contributed by atoms with van der Waals surface area (Å²) >= 11 is 6.07. The van der Waals surface area contributed by atoms with Crippen LogP contribution < -0.4 is 0 Å². The molecule has 1 unspecified atom stereocenters. The molecule has 1 saturated heterocycles. The van der Waals surface area contributed by atoms with Gasteiger partial charge in [0, 0.05) is 19.2 Å². The molecule has 7 heteroatoms. The molecule has 1 aliphatic heterocycles. The van der Waals surface area contributed by atoms with Crippen molar-refractivity contribution in [2.45, 2.75) is 26.3 Å². The van der Waals surface area contributed by atoms with E-state index in [1.807, 2.05) is 11.8 Å². The zero-order valence-electron chi connectivity index (χ0n) is 11.7. The SMILES string of the molecule is CCC1(C(=O)O)CCN(Cc2c(Cl)cccc2[N+](=O)[O-])C1. The molecule has 6 nitrogen and oxygen atoms in total. The lowest BCUT2D eigenvalue weighted by Crippen LogP contribution is -2.34. The summed E-state index contributed by atoms with van der Waals surface area (Å²) < 4.78 is 0. The Bertz CT molecular complexity index is 578. The summed E-state index contributed by atoms with van der Waals surface area (Å²) in [7, 11) is 0. The Kier molecular flexibility index (Phi) is 4.49. The van der Waals surface area contributed by atoms with Crippen molar-refractivity contribution in [1.82, 2.24) is 4.90 Å². The number of benzene rings is 1. The number of carbonyl (C=O) groups is 1. The Morgan fingerprint density at radius 2 is 2.29 bits per heavy atom. The van der Waals surface area contributed by atoms with Gasteiger partial charge in [0.2, 0.25) is 0 Å². The van der Waals surface area contributed by atoms with Crippen molar-refractivity contribution >= 4 is 23.3 Å². The van der Waals surface area contributed by atoms with Gasteiger partial charge in [-0.2, -0.15) is 0 Å². The summed E-state index contributed by atoms with van der Waals surface area (Å²) in [6.07, 6.45) is 1.10. The van der Waals surface area contributed by atoms with Gasteiger partial charge in [-0.1, -0.05) is 24.6 Å². The molecule has 0 aromatic heterocycles. The van der Waals surface area contributed by atoms with Gasteiger partial charge in [0.25, 0.3) is 5.69 Å². The number of aliphatic carboxylic acids is 1. The van der Waals surface area contributed by atoms with Crippen molar-refractivity contribution in [2.75, 3.05) is 13.1 Å². The smallest absolute Gasteiger partial charge is 0.310 e. The maximum atomic E-state index is 11.4. The molecule has 2 rings (SSSR count). The van der Waals surface area contributed by atoms with Crippen molar-refractivity contribution in [2.24, 2.45) is 5.41 Å². The number of nitrogens with zero attached hydrogens (tertiary/aromatic N) is 2. The zero-order valence-corrected chi connectivity index (χ0v) is 12.5. The van der Waals surface area contributed by atoms with Gasteiger partial charge in [0.1, 0.15) is 0 Å². The van der Waals surface area contributed by atoms with Gasteiger partial charge in [-0.25, -0.2) is 0 Å². The first-order valence-corrected chi connectivity index (χ1v) is 7.15. The molecule has 21 heavy (non-hydrogen) atoms. The summed E-state index contributed by atoms with van der Waals surface area (Å²) in [6, 6.07) is 4.58. The van der Waals surface area contributed by atoms with E-state index in [1.165, 1.54) is 6.07 Å². The van der Waals surface area contributed by atoms with Crippen LogP contribution in [0.25, 0.3) is 0 Å². The van der Waals surface area contributed by atoms with E-state index in [-0.39, 0.29) is 5.69 Å². The monoisotopic (exact) mass is 312 g/mol. The van der Waals surface area contributed by atoms with Crippen molar-refractivity contribution in [1.29, 1.82) is 0 Å². The second-order valence-electron chi connectivity index (χ2n) is 5.39. The topological polar surface area (TPSA) is 83.7 Å². The van der Waals surface area contributed by atoms with Gasteiger partial charge < -0.3 is 5.11 Å². The molecule has 1 heterocycles. The van der Waals surface area contributed by atoms with E-state index in [0.29, 0.717) is 43.1 Å². The number of carboxylic acid groups (broad SMARTS) is 1. The fourth-order valence-electron chi connectivity index (χ4n) is 2.81. The third kappa shape index (κ3) is 3.01. The molecule has 114 valence electrons. The Morgan fingerprint density at radius 3 is 2.81 bits per heavy atom. The van der Waals surface area contributed by atoms with Gasteiger partial charge >= 0.3 is 5.97 Å². The summed E-state index contributed by atoms with van der Waals surface area (Å²) in [5.41, 5.74) is -0.330. The van der Waals surface area contributed by atoms with Gasteiger partial charge in [-0.3, -0.25) is 19.8 Å². The van der Waals surface area contributed by atoms with Crippen LogP contribution in [0.15, 0.2) is 18.2 Å². The first kappa shape index (κ1) is 15.7. The number of nitro benzene ring substituents is 1. The van der Waals surface area contributed by atoms with E-state index in [1.54, 1.807) is 12.1 Å². The molecule has 0 radical (unpaired) electrons. The molecular weight excluding hydrogens is 296 g/mol. The second kappa shape index (κ2) is 5.99. The van der Waals surface area contributed by atoms with Gasteiger partial charge in [-0.05, 0) is 25.5 Å². The van der Waals surface area contributed by atoms with Crippen molar-refractivity contribution < 1.29 is 14.8 Å². The Hall–Kier alpha value is -1.66. The minimum atomic E-state index is -0.804. The third-order valence-corrected chi connectivity index (χ3v) is 4.59. The standard InChI is InChI=1S/C14H17ClN2O4/c1-2-14(13(18)19)6-7-16(9-14)8-10-11(15)4-3-5-12(10)17(20)21/h3-5H,2,6-9H2,1H3,(H,18,19). The van der Waals surface area contributed by atoms with Crippen LogP contribution in [0.2, 0.25) is 5.02 Å². The van der Waals surface area contributed by atoms with Gasteiger partial charge in [-0.15, -0.1) is 0 Å². The third-order valence-electron chi connectivity index (χ3n) is 4.24. The highest BCUT2D eigenvalue weighted by Gasteiger charge is 2.43. The molecule has 1 atom stereocenters. The molecule has 0 aliphatic carbocycles. The average Bonchev–Trinajstić information content (AvgIpc) is 2.85. The minimum Gasteiger partial charge on any atom is -0.481 e. The normalized spacial score (nSPS) is 22.4. The lowest BCUT2D eigenvalue weighted by molar-refractivity contribution is -0.385. The van der Waals surface area contributed by atoms with Crippen LogP contribution in [0.3, 0.4) is 0 Å². The predicted molar refractivity (Wildman–Crippen MR) is 78.4 cm³/mol. The molecule has 1 fully saturated rings. The van der Waals surface area contributed by atoms with Crippen LogP contribution in [0.1, 0.15) is 25.3 Å². The first-order valence-electron chi connectivity index (χ1n) is 6.77. The molecule has 1 aromatic carbocycles. The number of rotatable bonds is 5. The average molecular weight is 313 g/mol. The first-order chi connectivity index (χ1) is 9.89. The van der Waals surface area contributed by atoms with Gasteiger partial charge in [0.05, 0.1) is 20.9 Å². The fraction of sp³-hybridized carbons (Fsp3) is 0.500.